The minimum atomic E-state index is -1.14. The fraction of sp³-hybridized carbons (Fsp3) is 0.769. The lowest BCUT2D eigenvalue weighted by Crippen LogP contribution is -2.46. The molecule has 1 N–H and O–H groups in total. The molecule has 0 spiro atoms. The summed E-state index contributed by atoms with van der Waals surface area (Å²) in [6.07, 6.45) is 1.43. The van der Waals surface area contributed by atoms with Crippen LogP contribution in [0.3, 0.4) is 0 Å². The van der Waals surface area contributed by atoms with Gasteiger partial charge in [-0.05, 0) is 32.6 Å². The van der Waals surface area contributed by atoms with E-state index in [2.05, 4.69) is 5.32 Å². The van der Waals surface area contributed by atoms with Crippen LogP contribution in [0.2, 0.25) is 0 Å². The summed E-state index contributed by atoms with van der Waals surface area (Å²) in [6.45, 7) is 3.23. The molecule has 1 heterocycles. The normalized spacial score (nSPS) is 15.8. The predicted molar refractivity (Wildman–Crippen MR) is 68.6 cm³/mol. The van der Waals surface area contributed by atoms with Gasteiger partial charge >= 0.3 is 6.09 Å². The summed E-state index contributed by atoms with van der Waals surface area (Å²) in [5.41, 5.74) is 0. The molecule has 20 heavy (non-hydrogen) atoms. The van der Waals surface area contributed by atoms with E-state index < -0.39 is 5.97 Å². The van der Waals surface area contributed by atoms with Crippen molar-refractivity contribution in [3.8, 4) is 0 Å². The van der Waals surface area contributed by atoms with E-state index in [0.29, 0.717) is 32.5 Å². The maximum absolute atomic E-state index is 11.6. The third-order valence-electron chi connectivity index (χ3n) is 3.17. The fourth-order valence-electron chi connectivity index (χ4n) is 2.11. The molecule has 0 unspecified atom stereocenters. The highest BCUT2D eigenvalue weighted by Gasteiger charge is 2.24. The first-order valence-electron chi connectivity index (χ1n) is 6.93. The van der Waals surface area contributed by atoms with Crippen LogP contribution in [0.5, 0.6) is 0 Å². The van der Waals surface area contributed by atoms with Crippen LogP contribution >= 0.6 is 0 Å². The van der Waals surface area contributed by atoms with Crippen LogP contribution in [0.4, 0.5) is 4.79 Å². The number of carbonyl (C=O) groups is 3. The molecular formula is C13H21N2O5-. The summed E-state index contributed by atoms with van der Waals surface area (Å²) in [6, 6.07) is 0.0381. The molecule has 0 aromatic carbocycles. The Morgan fingerprint density at radius 1 is 1.25 bits per heavy atom. The molecule has 1 rings (SSSR count). The lowest BCUT2D eigenvalue weighted by molar-refractivity contribution is -0.305. The van der Waals surface area contributed by atoms with E-state index in [4.69, 9.17) is 4.74 Å². The molecule has 7 heteroatoms. The molecular weight excluding hydrogens is 264 g/mol. The Morgan fingerprint density at radius 3 is 2.45 bits per heavy atom. The highest BCUT2D eigenvalue weighted by molar-refractivity contribution is 5.77. The molecule has 0 radical (unpaired) electrons. The number of nitrogens with zero attached hydrogens (tertiary/aromatic N) is 1. The number of hydrogen-bond donors (Lipinski definition) is 1. The number of rotatable bonds is 6. The van der Waals surface area contributed by atoms with Gasteiger partial charge in [-0.1, -0.05) is 0 Å². The van der Waals surface area contributed by atoms with Gasteiger partial charge in [-0.25, -0.2) is 4.79 Å². The quantitative estimate of drug-likeness (QED) is 0.718. The number of hydrogen-bond acceptors (Lipinski definition) is 5. The standard InChI is InChI=1S/C13H22N2O5/c1-2-20-13(19)15-8-6-10(7-9-15)14-11(16)4-3-5-12(17)18/h10H,2-9H2,1H3,(H,14,16)(H,17,18)/p-1. The number of piperidine rings is 1. The van der Waals surface area contributed by atoms with Crippen LogP contribution in [0.15, 0.2) is 0 Å². The van der Waals surface area contributed by atoms with E-state index in [1.54, 1.807) is 11.8 Å². The van der Waals surface area contributed by atoms with Gasteiger partial charge in [-0.15, -0.1) is 0 Å². The van der Waals surface area contributed by atoms with E-state index in [-0.39, 0.29) is 37.3 Å². The SMILES string of the molecule is CCOC(=O)N1CCC(NC(=O)CCCC(=O)[O-])CC1. The Balaban J connectivity index is 2.20. The summed E-state index contributed by atoms with van der Waals surface area (Å²) in [4.78, 5) is 34.9. The molecule has 0 atom stereocenters. The van der Waals surface area contributed by atoms with Crippen molar-refractivity contribution in [3.63, 3.8) is 0 Å². The number of ether oxygens (including phenoxy) is 1. The van der Waals surface area contributed by atoms with Crippen LogP contribution in [0, 0.1) is 0 Å². The van der Waals surface area contributed by atoms with Gasteiger partial charge in [0.05, 0.1) is 6.61 Å². The fourth-order valence-corrected chi connectivity index (χ4v) is 2.11. The number of amides is 2. The third-order valence-corrected chi connectivity index (χ3v) is 3.17. The number of likely N-dealkylation sites (tertiary alicyclic amines) is 1. The van der Waals surface area contributed by atoms with Crippen molar-refractivity contribution in [2.24, 2.45) is 0 Å². The number of carbonyl (C=O) groups excluding carboxylic acids is 3. The Bertz CT molecular complexity index is 351. The summed E-state index contributed by atoms with van der Waals surface area (Å²) in [5, 5.41) is 13.1. The average molecular weight is 285 g/mol. The molecule has 1 saturated heterocycles. The van der Waals surface area contributed by atoms with Crippen LogP contribution in [0.1, 0.15) is 39.0 Å². The largest absolute Gasteiger partial charge is 0.550 e. The second-order valence-corrected chi connectivity index (χ2v) is 4.75. The molecule has 0 bridgehead atoms. The Labute approximate surface area is 118 Å². The van der Waals surface area contributed by atoms with Gasteiger partial charge in [0, 0.05) is 31.5 Å². The van der Waals surface area contributed by atoms with Crippen molar-refractivity contribution in [2.45, 2.75) is 45.1 Å². The van der Waals surface area contributed by atoms with Crippen molar-refractivity contribution in [1.82, 2.24) is 10.2 Å². The molecule has 1 aliphatic heterocycles. The summed E-state index contributed by atoms with van der Waals surface area (Å²) in [7, 11) is 0. The number of nitrogens with one attached hydrogen (secondary N) is 1. The zero-order chi connectivity index (χ0) is 15.0. The second kappa shape index (κ2) is 8.39. The van der Waals surface area contributed by atoms with E-state index in [9.17, 15) is 19.5 Å². The average Bonchev–Trinajstić information content (AvgIpc) is 2.39. The molecule has 2 amide bonds. The van der Waals surface area contributed by atoms with Crippen molar-refractivity contribution in [3.05, 3.63) is 0 Å². The van der Waals surface area contributed by atoms with Crippen LogP contribution in [-0.2, 0) is 14.3 Å². The number of carboxylic acid groups (broad SMARTS) is 1. The van der Waals surface area contributed by atoms with Crippen LogP contribution < -0.4 is 10.4 Å². The van der Waals surface area contributed by atoms with Crippen LogP contribution in [0.25, 0.3) is 0 Å². The first kappa shape index (κ1) is 16.3. The molecule has 114 valence electrons. The summed E-state index contributed by atoms with van der Waals surface area (Å²) < 4.78 is 4.91. The minimum absolute atomic E-state index is 0.0381. The van der Waals surface area contributed by atoms with Gasteiger partial charge in [-0.3, -0.25) is 4.79 Å². The molecule has 0 aromatic heterocycles. The maximum Gasteiger partial charge on any atom is 0.409 e. The molecule has 1 aliphatic rings. The first-order chi connectivity index (χ1) is 9.52. The second-order valence-electron chi connectivity index (χ2n) is 4.75. The summed E-state index contributed by atoms with van der Waals surface area (Å²) >= 11 is 0. The molecule has 7 nitrogen and oxygen atoms in total. The minimum Gasteiger partial charge on any atom is -0.550 e. The smallest absolute Gasteiger partial charge is 0.409 e. The van der Waals surface area contributed by atoms with Crippen molar-refractivity contribution >= 4 is 18.0 Å². The Hall–Kier alpha value is -1.79. The predicted octanol–water partition coefficient (Wildman–Crippen LogP) is -0.356. The highest BCUT2D eigenvalue weighted by atomic mass is 16.6. The monoisotopic (exact) mass is 285 g/mol. The lowest BCUT2D eigenvalue weighted by atomic mass is 10.1. The summed E-state index contributed by atoms with van der Waals surface area (Å²) in [5.74, 6) is -1.29. The molecule has 0 saturated carbocycles. The number of carboxylic acids is 1. The van der Waals surface area contributed by atoms with Gasteiger partial charge in [0.25, 0.3) is 0 Å². The Kier molecular flexibility index (Phi) is 6.83. The van der Waals surface area contributed by atoms with Gasteiger partial charge in [0.2, 0.25) is 5.91 Å². The molecule has 0 aromatic rings. The van der Waals surface area contributed by atoms with Crippen molar-refractivity contribution in [2.75, 3.05) is 19.7 Å². The lowest BCUT2D eigenvalue weighted by Gasteiger charge is -2.31. The highest BCUT2D eigenvalue weighted by Crippen LogP contribution is 2.12. The van der Waals surface area contributed by atoms with Crippen molar-refractivity contribution < 1.29 is 24.2 Å². The van der Waals surface area contributed by atoms with E-state index >= 15 is 0 Å². The van der Waals surface area contributed by atoms with Gasteiger partial charge in [-0.2, -0.15) is 0 Å². The number of aliphatic carboxylic acids is 1. The third kappa shape index (κ3) is 5.90. The molecule has 1 fully saturated rings. The van der Waals surface area contributed by atoms with Gasteiger partial charge < -0.3 is 24.9 Å². The zero-order valence-electron chi connectivity index (χ0n) is 11.7. The van der Waals surface area contributed by atoms with Crippen molar-refractivity contribution in [1.29, 1.82) is 0 Å². The van der Waals surface area contributed by atoms with Gasteiger partial charge in [0.1, 0.15) is 0 Å². The molecule has 0 aliphatic carbocycles. The topological polar surface area (TPSA) is 98.8 Å². The first-order valence-corrected chi connectivity index (χ1v) is 6.93. The maximum atomic E-state index is 11.6. The van der Waals surface area contributed by atoms with Crippen LogP contribution in [-0.4, -0.2) is 48.6 Å². The Morgan fingerprint density at radius 2 is 1.90 bits per heavy atom. The zero-order valence-corrected chi connectivity index (χ0v) is 11.7. The van der Waals surface area contributed by atoms with E-state index in [0.717, 1.165) is 0 Å². The van der Waals surface area contributed by atoms with E-state index in [1.165, 1.54) is 0 Å². The van der Waals surface area contributed by atoms with Gasteiger partial charge in [0.15, 0.2) is 0 Å². The van der Waals surface area contributed by atoms with E-state index in [1.807, 2.05) is 0 Å².